The van der Waals surface area contributed by atoms with Crippen molar-refractivity contribution in [3.05, 3.63) is 0 Å². The Morgan fingerprint density at radius 2 is 2.00 bits per heavy atom. The molecule has 4 heteroatoms. The monoisotopic (exact) mass is 142 g/mol. The summed E-state index contributed by atoms with van der Waals surface area (Å²) in [5.74, 6) is 0. The molecule has 1 unspecified atom stereocenters. The Balaban J connectivity index is 0. The highest BCUT2D eigenvalue weighted by atomic mass is 35.5. The first-order valence-electron chi connectivity index (χ1n) is 2.37. The third kappa shape index (κ3) is 9.46. The van der Waals surface area contributed by atoms with Crippen molar-refractivity contribution in [2.24, 2.45) is 11.5 Å². The summed E-state index contributed by atoms with van der Waals surface area (Å²) in [7, 11) is 0. The molecule has 0 amide bonds. The Hall–Kier alpha value is 0.140. The molecule has 52 valence electrons. The average molecular weight is 143 g/mol. The molecule has 0 aromatic carbocycles. The minimum atomic E-state index is -1.18. The van der Waals surface area contributed by atoms with Gasteiger partial charge >= 0.3 is 0 Å². The van der Waals surface area contributed by atoms with Gasteiger partial charge in [0.1, 0.15) is 6.30 Å². The van der Waals surface area contributed by atoms with Crippen LogP contribution in [0.1, 0.15) is 12.8 Å². The van der Waals surface area contributed by atoms with Crippen molar-refractivity contribution in [1.29, 1.82) is 0 Å². The molecule has 0 aliphatic rings. The van der Waals surface area contributed by atoms with Gasteiger partial charge in [0.25, 0.3) is 0 Å². The van der Waals surface area contributed by atoms with E-state index in [1.54, 1.807) is 0 Å². The van der Waals surface area contributed by atoms with Crippen molar-refractivity contribution in [3.8, 4) is 0 Å². The van der Waals surface area contributed by atoms with E-state index in [9.17, 15) is 4.39 Å². The minimum absolute atomic E-state index is 0. The highest BCUT2D eigenvalue weighted by Gasteiger charge is 1.93. The lowest BCUT2D eigenvalue weighted by Gasteiger charge is -1.95. The Bertz CT molecular complexity index is 43.0. The number of hydrogen-bond acceptors (Lipinski definition) is 2. The zero-order valence-electron chi connectivity index (χ0n) is 4.64. The van der Waals surface area contributed by atoms with Crippen LogP contribution in [0, 0.1) is 0 Å². The fraction of sp³-hybridized carbons (Fsp3) is 1.00. The topological polar surface area (TPSA) is 52.0 Å². The van der Waals surface area contributed by atoms with E-state index in [1.165, 1.54) is 0 Å². The van der Waals surface area contributed by atoms with E-state index in [-0.39, 0.29) is 12.4 Å². The third-order valence-electron chi connectivity index (χ3n) is 0.684. The summed E-state index contributed by atoms with van der Waals surface area (Å²) in [5.41, 5.74) is 9.81. The molecule has 0 rings (SSSR count). The second-order valence-electron chi connectivity index (χ2n) is 1.45. The summed E-state index contributed by atoms with van der Waals surface area (Å²) in [5, 5.41) is 0. The van der Waals surface area contributed by atoms with Gasteiger partial charge in [0.2, 0.25) is 0 Å². The maximum absolute atomic E-state index is 11.6. The van der Waals surface area contributed by atoms with Crippen molar-refractivity contribution in [1.82, 2.24) is 0 Å². The van der Waals surface area contributed by atoms with Crippen LogP contribution in [0.15, 0.2) is 0 Å². The lowest BCUT2D eigenvalue weighted by Crippen LogP contribution is -2.14. The van der Waals surface area contributed by atoms with Gasteiger partial charge in [-0.1, -0.05) is 0 Å². The molecule has 0 aromatic rings. The van der Waals surface area contributed by atoms with Gasteiger partial charge in [-0.15, -0.1) is 12.4 Å². The van der Waals surface area contributed by atoms with Crippen molar-refractivity contribution in [3.63, 3.8) is 0 Å². The van der Waals surface area contributed by atoms with E-state index < -0.39 is 6.30 Å². The van der Waals surface area contributed by atoms with Crippen molar-refractivity contribution in [2.45, 2.75) is 19.1 Å². The van der Waals surface area contributed by atoms with E-state index in [4.69, 9.17) is 11.5 Å². The number of hydrogen-bond donors (Lipinski definition) is 2. The van der Waals surface area contributed by atoms with Crippen molar-refractivity contribution in [2.75, 3.05) is 6.54 Å². The van der Waals surface area contributed by atoms with E-state index in [0.717, 1.165) is 0 Å². The molecule has 0 radical (unpaired) electrons. The molecular formula is C4H12ClFN2. The van der Waals surface area contributed by atoms with E-state index in [0.29, 0.717) is 19.4 Å². The highest BCUT2D eigenvalue weighted by molar-refractivity contribution is 5.85. The fourth-order valence-electron chi connectivity index (χ4n) is 0.313. The summed E-state index contributed by atoms with van der Waals surface area (Å²) < 4.78 is 11.6. The van der Waals surface area contributed by atoms with Crippen LogP contribution in [-0.4, -0.2) is 12.8 Å². The van der Waals surface area contributed by atoms with Gasteiger partial charge in [-0.2, -0.15) is 0 Å². The zero-order valence-corrected chi connectivity index (χ0v) is 5.46. The largest absolute Gasteiger partial charge is 0.330 e. The van der Waals surface area contributed by atoms with Gasteiger partial charge in [-0.05, 0) is 19.4 Å². The summed E-state index contributed by atoms with van der Waals surface area (Å²) in [6.45, 7) is 0.525. The molecule has 0 bridgehead atoms. The predicted octanol–water partition coefficient (Wildman–Crippen LogP) is 0.401. The summed E-state index contributed by atoms with van der Waals surface area (Å²) >= 11 is 0. The Morgan fingerprint density at radius 1 is 1.50 bits per heavy atom. The smallest absolute Gasteiger partial charge is 0.148 e. The van der Waals surface area contributed by atoms with E-state index >= 15 is 0 Å². The molecule has 0 spiro atoms. The summed E-state index contributed by atoms with van der Waals surface area (Å²) in [6.07, 6.45) is -0.114. The molecule has 0 aliphatic carbocycles. The average Bonchev–Trinajstić information content (AvgIpc) is 1.61. The fourth-order valence-corrected chi connectivity index (χ4v) is 0.313. The maximum Gasteiger partial charge on any atom is 0.148 e. The van der Waals surface area contributed by atoms with Crippen LogP contribution in [0.4, 0.5) is 4.39 Å². The van der Waals surface area contributed by atoms with Gasteiger partial charge in [-0.3, -0.25) is 0 Å². The van der Waals surface area contributed by atoms with Crippen LogP contribution in [0.25, 0.3) is 0 Å². The third-order valence-corrected chi connectivity index (χ3v) is 0.684. The van der Waals surface area contributed by atoms with Gasteiger partial charge in [0.15, 0.2) is 0 Å². The minimum Gasteiger partial charge on any atom is -0.330 e. The van der Waals surface area contributed by atoms with E-state index in [1.807, 2.05) is 0 Å². The first-order chi connectivity index (χ1) is 3.27. The number of alkyl halides is 1. The maximum atomic E-state index is 11.6. The molecule has 0 saturated heterocycles. The second-order valence-corrected chi connectivity index (χ2v) is 1.45. The number of nitrogens with two attached hydrogens (primary N) is 2. The van der Waals surface area contributed by atoms with Gasteiger partial charge in [0, 0.05) is 0 Å². The van der Waals surface area contributed by atoms with Crippen molar-refractivity contribution < 1.29 is 4.39 Å². The second kappa shape index (κ2) is 7.14. The molecule has 0 aliphatic heterocycles. The molecule has 0 fully saturated rings. The van der Waals surface area contributed by atoms with E-state index in [2.05, 4.69) is 0 Å². The summed E-state index contributed by atoms with van der Waals surface area (Å²) in [6, 6.07) is 0. The molecule has 0 heterocycles. The predicted molar refractivity (Wildman–Crippen MR) is 34.6 cm³/mol. The van der Waals surface area contributed by atoms with Crippen LogP contribution in [-0.2, 0) is 0 Å². The molecule has 4 N–H and O–H groups in total. The normalized spacial score (nSPS) is 12.4. The number of halogens is 2. The van der Waals surface area contributed by atoms with Crippen LogP contribution >= 0.6 is 12.4 Å². The molecule has 1 atom stereocenters. The van der Waals surface area contributed by atoms with Gasteiger partial charge in [0.05, 0.1) is 0 Å². The van der Waals surface area contributed by atoms with Gasteiger partial charge < -0.3 is 11.5 Å². The quantitative estimate of drug-likeness (QED) is 0.561. The standard InChI is InChI=1S/C4H11FN2.ClH/c5-4(7)2-1-3-6;/h4H,1-3,6-7H2;1H. The lowest BCUT2D eigenvalue weighted by atomic mass is 10.3. The number of rotatable bonds is 3. The van der Waals surface area contributed by atoms with Crippen LogP contribution in [0.3, 0.4) is 0 Å². The Labute approximate surface area is 54.8 Å². The molecule has 0 aromatic heterocycles. The SMILES string of the molecule is Cl.NCCCC(N)F. The van der Waals surface area contributed by atoms with Crippen LogP contribution < -0.4 is 11.5 Å². The van der Waals surface area contributed by atoms with Crippen LogP contribution in [0.2, 0.25) is 0 Å². The Morgan fingerprint density at radius 3 is 2.12 bits per heavy atom. The molecule has 2 nitrogen and oxygen atoms in total. The molecular weight excluding hydrogens is 131 g/mol. The zero-order chi connectivity index (χ0) is 5.70. The first-order valence-corrected chi connectivity index (χ1v) is 2.37. The highest BCUT2D eigenvalue weighted by Crippen LogP contribution is 1.90. The van der Waals surface area contributed by atoms with Crippen molar-refractivity contribution >= 4 is 12.4 Å². The first kappa shape index (κ1) is 11.0. The van der Waals surface area contributed by atoms with Crippen LogP contribution in [0.5, 0.6) is 0 Å². The summed E-state index contributed by atoms with van der Waals surface area (Å²) in [4.78, 5) is 0. The molecule has 8 heavy (non-hydrogen) atoms. The lowest BCUT2D eigenvalue weighted by molar-refractivity contribution is 0.319. The molecule has 0 saturated carbocycles. The Kier molecular flexibility index (Phi) is 9.82. The van der Waals surface area contributed by atoms with Gasteiger partial charge in [-0.25, -0.2) is 4.39 Å².